The van der Waals surface area contributed by atoms with Crippen LogP contribution >= 0.6 is 23.5 Å². The van der Waals surface area contributed by atoms with E-state index in [2.05, 4.69) is 6.07 Å². The van der Waals surface area contributed by atoms with Crippen molar-refractivity contribution in [2.24, 2.45) is 11.8 Å². The van der Waals surface area contributed by atoms with Crippen LogP contribution in [0.3, 0.4) is 0 Å². The van der Waals surface area contributed by atoms with Gasteiger partial charge in [-0.3, -0.25) is 4.79 Å². The molecule has 2 aliphatic carbocycles. The predicted octanol–water partition coefficient (Wildman–Crippen LogP) is 3.08. The number of fused-ring (bicyclic) bond motifs is 1. The fraction of sp³-hybridized carbons (Fsp3) is 0.600. The number of nitrogens with zero attached hydrogens (tertiary/aromatic N) is 3. The number of thioether (sulfide) groups is 1. The molecule has 1 aromatic carbocycles. The third kappa shape index (κ3) is 3.76. The van der Waals surface area contributed by atoms with E-state index in [1.54, 1.807) is 33.2 Å². The second kappa shape index (κ2) is 7.83. The predicted molar refractivity (Wildman–Crippen MR) is 106 cm³/mol. The highest BCUT2D eigenvalue weighted by atomic mass is 35.5. The average molecular weight is 424 g/mol. The molecule has 1 heterocycles. The van der Waals surface area contributed by atoms with E-state index >= 15 is 0 Å². The summed E-state index contributed by atoms with van der Waals surface area (Å²) in [5, 5.41) is 20.2. The molecule has 2 unspecified atom stereocenters. The molecule has 1 saturated heterocycles. The number of benzene rings is 1. The molecule has 0 radical (unpaired) electrons. The molecule has 0 bridgehead atoms. The Labute approximate surface area is 173 Å². The quantitative estimate of drug-likeness (QED) is 0.754. The molecule has 28 heavy (non-hydrogen) atoms. The Balaban J connectivity index is 1.34. The van der Waals surface area contributed by atoms with Crippen molar-refractivity contribution in [2.45, 2.75) is 43.4 Å². The van der Waals surface area contributed by atoms with Crippen molar-refractivity contribution in [1.82, 2.24) is 9.32 Å². The Bertz CT molecular complexity index is 773. The van der Waals surface area contributed by atoms with Gasteiger partial charge in [0.05, 0.1) is 24.1 Å². The normalized spacial score (nSPS) is 34.6. The summed E-state index contributed by atoms with van der Waals surface area (Å²) < 4.78 is 14.8. The minimum absolute atomic E-state index is 0.0918. The van der Waals surface area contributed by atoms with Gasteiger partial charge in [-0.25, -0.2) is 8.81 Å². The molecule has 4 rings (SSSR count). The Hall–Kier alpha value is -1.33. The summed E-state index contributed by atoms with van der Waals surface area (Å²) >= 11 is 8.04. The number of nitriles is 1. The SMILES string of the molecule is N#C[C@@H]1CSCN1C(=O)CN(Cl)C1C[C@@H]2CC(O)(c3ccc(F)cc3)C[C@@H]2C1. The van der Waals surface area contributed by atoms with E-state index in [9.17, 15) is 14.3 Å². The monoisotopic (exact) mass is 423 g/mol. The highest BCUT2D eigenvalue weighted by Crippen LogP contribution is 2.53. The summed E-state index contributed by atoms with van der Waals surface area (Å²) in [6, 6.07) is 8.01. The summed E-state index contributed by atoms with van der Waals surface area (Å²) in [5.41, 5.74) is -0.139. The molecular weight excluding hydrogens is 401 g/mol. The van der Waals surface area contributed by atoms with Crippen LogP contribution in [0.25, 0.3) is 0 Å². The van der Waals surface area contributed by atoms with Crippen molar-refractivity contribution < 1.29 is 14.3 Å². The number of hydrogen-bond donors (Lipinski definition) is 1. The molecule has 150 valence electrons. The third-order valence-electron chi connectivity index (χ3n) is 6.43. The summed E-state index contributed by atoms with van der Waals surface area (Å²) in [4.78, 5) is 14.1. The number of halogens is 2. The first-order chi connectivity index (χ1) is 13.4. The van der Waals surface area contributed by atoms with Crippen LogP contribution in [0.5, 0.6) is 0 Å². The van der Waals surface area contributed by atoms with Gasteiger partial charge in [0.2, 0.25) is 5.91 Å². The number of rotatable bonds is 4. The molecular formula is C20H23ClFN3O2S. The maximum absolute atomic E-state index is 13.2. The number of aliphatic hydroxyl groups is 1. The van der Waals surface area contributed by atoms with Gasteiger partial charge in [-0.1, -0.05) is 12.1 Å². The first-order valence-electron chi connectivity index (χ1n) is 9.57. The van der Waals surface area contributed by atoms with Crippen molar-refractivity contribution in [2.75, 3.05) is 18.2 Å². The molecule has 5 atom stereocenters. The van der Waals surface area contributed by atoms with Crippen molar-refractivity contribution in [1.29, 1.82) is 5.26 Å². The van der Waals surface area contributed by atoms with Gasteiger partial charge in [0.25, 0.3) is 0 Å². The second-order valence-electron chi connectivity index (χ2n) is 8.16. The molecule has 8 heteroatoms. The summed E-state index contributed by atoms with van der Waals surface area (Å²) in [6.07, 6.45) is 2.94. The molecule has 0 aromatic heterocycles. The molecule has 1 amide bonds. The maximum atomic E-state index is 13.2. The first kappa shape index (κ1) is 20.0. The van der Waals surface area contributed by atoms with Gasteiger partial charge in [-0.15, -0.1) is 11.8 Å². The number of hydrogen-bond acceptors (Lipinski definition) is 5. The fourth-order valence-corrected chi connectivity index (χ4v) is 6.37. The van der Waals surface area contributed by atoms with E-state index in [-0.39, 0.29) is 30.4 Å². The van der Waals surface area contributed by atoms with Crippen LogP contribution in [-0.4, -0.2) is 50.6 Å². The second-order valence-corrected chi connectivity index (χ2v) is 9.59. The third-order valence-corrected chi connectivity index (χ3v) is 7.84. The Kier molecular flexibility index (Phi) is 5.58. The Morgan fingerprint density at radius 3 is 2.61 bits per heavy atom. The van der Waals surface area contributed by atoms with E-state index in [0.29, 0.717) is 36.3 Å². The van der Waals surface area contributed by atoms with E-state index in [1.165, 1.54) is 12.1 Å². The van der Waals surface area contributed by atoms with Gasteiger partial charge < -0.3 is 10.0 Å². The largest absolute Gasteiger partial charge is 0.385 e. The minimum atomic E-state index is -0.909. The van der Waals surface area contributed by atoms with Crippen molar-refractivity contribution in [3.8, 4) is 6.07 Å². The Morgan fingerprint density at radius 1 is 1.36 bits per heavy atom. The van der Waals surface area contributed by atoms with Crippen molar-refractivity contribution >= 4 is 29.4 Å². The summed E-state index contributed by atoms with van der Waals surface area (Å²) in [7, 11) is 0. The van der Waals surface area contributed by atoms with E-state index in [1.807, 2.05) is 0 Å². The zero-order valence-electron chi connectivity index (χ0n) is 15.4. The van der Waals surface area contributed by atoms with E-state index in [0.717, 1.165) is 18.4 Å². The lowest BCUT2D eigenvalue weighted by Crippen LogP contribution is -2.42. The molecule has 5 nitrogen and oxygen atoms in total. The summed E-state index contributed by atoms with van der Waals surface area (Å²) in [6.45, 7) is 0.104. The van der Waals surface area contributed by atoms with Gasteiger partial charge in [-0.2, -0.15) is 5.26 Å². The lowest BCUT2D eigenvalue weighted by molar-refractivity contribution is -0.131. The standard InChI is InChI=1S/C20H23ClFN3O2S/c21-25(10-19(26)24-12-28-11-18(24)9-23)17-5-13-7-20(27,8-14(13)6-17)15-1-3-16(22)4-2-15/h1-4,13-14,17-18,27H,5-8,10-12H2/t13-,14+,17?,18-,20?/m1/s1. The van der Waals surface area contributed by atoms with Gasteiger partial charge in [0, 0.05) is 11.8 Å². The lowest BCUT2D eigenvalue weighted by atomic mass is 9.89. The zero-order valence-corrected chi connectivity index (χ0v) is 17.0. The van der Waals surface area contributed by atoms with Crippen LogP contribution in [0, 0.1) is 29.0 Å². The first-order valence-corrected chi connectivity index (χ1v) is 11.1. The molecule has 3 aliphatic rings. The Morgan fingerprint density at radius 2 is 2.00 bits per heavy atom. The minimum Gasteiger partial charge on any atom is -0.385 e. The smallest absolute Gasteiger partial charge is 0.239 e. The van der Waals surface area contributed by atoms with Crippen molar-refractivity contribution in [3.63, 3.8) is 0 Å². The van der Waals surface area contributed by atoms with Crippen LogP contribution in [0.2, 0.25) is 0 Å². The van der Waals surface area contributed by atoms with Gasteiger partial charge >= 0.3 is 0 Å². The van der Waals surface area contributed by atoms with Crippen LogP contribution in [-0.2, 0) is 10.4 Å². The van der Waals surface area contributed by atoms with Crippen LogP contribution in [0.1, 0.15) is 31.2 Å². The number of carbonyl (C=O) groups excluding carboxylic acids is 1. The molecule has 2 saturated carbocycles. The van der Waals surface area contributed by atoms with Crippen LogP contribution in [0.4, 0.5) is 4.39 Å². The highest BCUT2D eigenvalue weighted by molar-refractivity contribution is 7.99. The van der Waals surface area contributed by atoms with Crippen LogP contribution in [0.15, 0.2) is 24.3 Å². The topological polar surface area (TPSA) is 67.6 Å². The molecule has 3 fully saturated rings. The molecule has 1 N–H and O–H groups in total. The molecule has 1 aliphatic heterocycles. The fourth-order valence-electron chi connectivity index (χ4n) is 5.00. The van der Waals surface area contributed by atoms with Crippen molar-refractivity contribution in [3.05, 3.63) is 35.6 Å². The van der Waals surface area contributed by atoms with E-state index < -0.39 is 5.60 Å². The average Bonchev–Trinajstić information content (AvgIpc) is 3.35. The number of carbonyl (C=O) groups is 1. The zero-order chi connectivity index (χ0) is 19.9. The molecule has 1 aromatic rings. The van der Waals surface area contributed by atoms with Gasteiger partial charge in [0.15, 0.2) is 0 Å². The maximum Gasteiger partial charge on any atom is 0.239 e. The van der Waals surface area contributed by atoms with Gasteiger partial charge in [-0.05, 0) is 67.0 Å². The van der Waals surface area contributed by atoms with E-state index in [4.69, 9.17) is 17.0 Å². The van der Waals surface area contributed by atoms with Crippen LogP contribution < -0.4 is 0 Å². The highest BCUT2D eigenvalue weighted by Gasteiger charge is 2.50. The molecule has 0 spiro atoms. The lowest BCUT2D eigenvalue weighted by Gasteiger charge is -2.28. The number of amides is 1. The van der Waals surface area contributed by atoms with Gasteiger partial charge in [0.1, 0.15) is 11.9 Å². The summed E-state index contributed by atoms with van der Waals surface area (Å²) in [5.74, 6) is 1.47.